The monoisotopic (exact) mass is 331 g/mol. The Morgan fingerprint density at radius 3 is 2.72 bits per heavy atom. The average Bonchev–Trinajstić information content (AvgIpc) is 2.65. The number of nitrogens with zero attached hydrogens (tertiary/aromatic N) is 4. The van der Waals surface area contributed by atoms with E-state index >= 15 is 0 Å². The first-order valence-electron chi connectivity index (χ1n) is 8.55. The Morgan fingerprint density at radius 1 is 1.00 bits per heavy atom. The molecule has 5 heteroatoms. The highest BCUT2D eigenvalue weighted by Gasteiger charge is 2.18. The third-order valence-electron chi connectivity index (χ3n) is 4.85. The highest BCUT2D eigenvalue weighted by molar-refractivity contribution is 5.60. The third-order valence-corrected chi connectivity index (χ3v) is 4.85. The highest BCUT2D eigenvalue weighted by atomic mass is 15.3. The number of hydrogen-bond acceptors (Lipinski definition) is 5. The van der Waals surface area contributed by atoms with Crippen LogP contribution in [-0.2, 0) is 13.0 Å². The number of hydrogen-bond donors (Lipinski definition) is 1. The van der Waals surface area contributed by atoms with Crippen LogP contribution in [0.15, 0.2) is 48.7 Å². The first-order chi connectivity index (χ1) is 12.2. The van der Waals surface area contributed by atoms with Crippen molar-refractivity contribution in [3.8, 4) is 0 Å². The van der Waals surface area contributed by atoms with Gasteiger partial charge in [0.25, 0.3) is 0 Å². The van der Waals surface area contributed by atoms with Crippen molar-refractivity contribution < 1.29 is 0 Å². The van der Waals surface area contributed by atoms with Gasteiger partial charge >= 0.3 is 0 Å². The van der Waals surface area contributed by atoms with Crippen molar-refractivity contribution in [1.82, 2.24) is 15.2 Å². The molecule has 25 heavy (non-hydrogen) atoms. The van der Waals surface area contributed by atoms with Crippen molar-refractivity contribution in [2.24, 2.45) is 0 Å². The Morgan fingerprint density at radius 2 is 1.84 bits per heavy atom. The predicted molar refractivity (Wildman–Crippen MR) is 100 cm³/mol. The average molecular weight is 331 g/mol. The number of anilines is 3. The summed E-state index contributed by atoms with van der Waals surface area (Å²) in [6.07, 6.45) is 2.77. The molecule has 0 unspecified atom stereocenters. The van der Waals surface area contributed by atoms with E-state index < -0.39 is 0 Å². The van der Waals surface area contributed by atoms with Crippen LogP contribution < -0.4 is 10.2 Å². The lowest BCUT2D eigenvalue weighted by Gasteiger charge is -2.29. The zero-order chi connectivity index (χ0) is 17.2. The molecule has 2 aromatic carbocycles. The van der Waals surface area contributed by atoms with E-state index in [9.17, 15) is 0 Å². The Hall–Kier alpha value is -2.95. The maximum atomic E-state index is 4.68. The third kappa shape index (κ3) is 3.18. The molecule has 0 spiro atoms. The van der Waals surface area contributed by atoms with Crippen molar-refractivity contribution in [2.45, 2.75) is 26.8 Å². The second-order valence-electron chi connectivity index (χ2n) is 6.45. The summed E-state index contributed by atoms with van der Waals surface area (Å²) in [4.78, 5) is 6.93. The van der Waals surface area contributed by atoms with Gasteiger partial charge in [-0.25, -0.2) is 0 Å². The Kier molecular flexibility index (Phi) is 4.06. The summed E-state index contributed by atoms with van der Waals surface area (Å²) < 4.78 is 0. The smallest absolute Gasteiger partial charge is 0.249 e. The maximum absolute atomic E-state index is 4.68. The molecular weight excluding hydrogens is 310 g/mol. The summed E-state index contributed by atoms with van der Waals surface area (Å²) in [7, 11) is 0. The number of nitrogens with one attached hydrogen (secondary N) is 1. The van der Waals surface area contributed by atoms with Crippen molar-refractivity contribution in [2.75, 3.05) is 16.8 Å². The standard InChI is InChI=1S/C20H21N5/c1-14-6-5-9-18(15(14)2)22-20-23-19(12-21-24-20)25-11-10-16-7-3-4-8-17(16)13-25/h3-9,12H,10-11,13H2,1-2H3,(H,22,23,24). The second-order valence-corrected chi connectivity index (χ2v) is 6.45. The van der Waals surface area contributed by atoms with Crippen LogP contribution in [0.5, 0.6) is 0 Å². The molecule has 5 nitrogen and oxygen atoms in total. The van der Waals surface area contributed by atoms with Crippen LogP contribution in [0.3, 0.4) is 0 Å². The molecular formula is C20H21N5. The molecule has 0 aliphatic carbocycles. The van der Waals surface area contributed by atoms with Crippen LogP contribution in [0.2, 0.25) is 0 Å². The molecule has 2 heterocycles. The zero-order valence-corrected chi connectivity index (χ0v) is 14.5. The van der Waals surface area contributed by atoms with E-state index in [1.807, 2.05) is 12.1 Å². The summed E-state index contributed by atoms with van der Waals surface area (Å²) in [5, 5.41) is 11.6. The van der Waals surface area contributed by atoms with Gasteiger partial charge in [-0.05, 0) is 48.6 Å². The van der Waals surface area contributed by atoms with E-state index in [-0.39, 0.29) is 0 Å². The first kappa shape index (κ1) is 15.6. The van der Waals surface area contributed by atoms with E-state index in [1.54, 1.807) is 6.20 Å². The number of rotatable bonds is 3. The van der Waals surface area contributed by atoms with Gasteiger partial charge in [-0.1, -0.05) is 36.4 Å². The molecule has 0 radical (unpaired) electrons. The summed E-state index contributed by atoms with van der Waals surface area (Å²) in [6.45, 7) is 5.99. The van der Waals surface area contributed by atoms with Crippen LogP contribution in [0.4, 0.5) is 17.5 Å². The Balaban J connectivity index is 1.57. The number of benzene rings is 2. The van der Waals surface area contributed by atoms with Crippen LogP contribution in [0.1, 0.15) is 22.3 Å². The van der Waals surface area contributed by atoms with E-state index in [1.165, 1.54) is 22.3 Å². The van der Waals surface area contributed by atoms with Gasteiger partial charge in [0.15, 0.2) is 5.82 Å². The van der Waals surface area contributed by atoms with Crippen LogP contribution in [-0.4, -0.2) is 21.7 Å². The minimum absolute atomic E-state index is 0.532. The van der Waals surface area contributed by atoms with Gasteiger partial charge in [0.2, 0.25) is 5.95 Å². The van der Waals surface area contributed by atoms with Crippen molar-refractivity contribution in [1.29, 1.82) is 0 Å². The first-order valence-corrected chi connectivity index (χ1v) is 8.55. The molecule has 1 aliphatic rings. The normalized spacial score (nSPS) is 13.4. The van der Waals surface area contributed by atoms with Crippen LogP contribution in [0.25, 0.3) is 0 Å². The summed E-state index contributed by atoms with van der Waals surface area (Å²) in [5.74, 6) is 1.39. The molecule has 1 aliphatic heterocycles. The van der Waals surface area contributed by atoms with Crippen molar-refractivity contribution in [3.05, 3.63) is 70.9 Å². The van der Waals surface area contributed by atoms with E-state index in [4.69, 9.17) is 0 Å². The van der Waals surface area contributed by atoms with Gasteiger partial charge in [-0.3, -0.25) is 0 Å². The molecule has 0 saturated carbocycles. The lowest BCUT2D eigenvalue weighted by atomic mass is 10.0. The molecule has 4 rings (SSSR count). The lowest BCUT2D eigenvalue weighted by molar-refractivity contribution is 0.715. The highest BCUT2D eigenvalue weighted by Crippen LogP contribution is 2.24. The molecule has 0 atom stereocenters. The number of fused-ring (bicyclic) bond motifs is 1. The molecule has 0 amide bonds. The van der Waals surface area contributed by atoms with Crippen molar-refractivity contribution in [3.63, 3.8) is 0 Å². The fraction of sp³-hybridized carbons (Fsp3) is 0.250. The summed E-state index contributed by atoms with van der Waals surface area (Å²) >= 11 is 0. The molecule has 1 aromatic heterocycles. The fourth-order valence-corrected chi connectivity index (χ4v) is 3.20. The quantitative estimate of drug-likeness (QED) is 0.791. The van der Waals surface area contributed by atoms with E-state index in [0.29, 0.717) is 5.95 Å². The van der Waals surface area contributed by atoms with Gasteiger partial charge in [0.1, 0.15) is 0 Å². The van der Waals surface area contributed by atoms with Gasteiger partial charge in [-0.15, -0.1) is 5.10 Å². The zero-order valence-electron chi connectivity index (χ0n) is 14.5. The molecule has 0 saturated heterocycles. The minimum Gasteiger partial charge on any atom is -0.350 e. The van der Waals surface area contributed by atoms with Gasteiger partial charge in [0.05, 0.1) is 6.20 Å². The van der Waals surface area contributed by atoms with E-state index in [2.05, 4.69) is 69.6 Å². The molecule has 3 aromatic rings. The van der Waals surface area contributed by atoms with Crippen molar-refractivity contribution >= 4 is 17.5 Å². The minimum atomic E-state index is 0.532. The maximum Gasteiger partial charge on any atom is 0.249 e. The predicted octanol–water partition coefficient (Wildman–Crippen LogP) is 3.79. The van der Waals surface area contributed by atoms with Gasteiger partial charge in [-0.2, -0.15) is 10.1 Å². The van der Waals surface area contributed by atoms with Gasteiger partial charge < -0.3 is 10.2 Å². The lowest BCUT2D eigenvalue weighted by Crippen LogP contribution is -2.31. The SMILES string of the molecule is Cc1cccc(Nc2nncc(N3CCc4ccccc4C3)n2)c1C. The second kappa shape index (κ2) is 6.51. The number of aryl methyl sites for hydroxylation is 1. The summed E-state index contributed by atoms with van der Waals surface area (Å²) in [6, 6.07) is 14.8. The van der Waals surface area contributed by atoms with E-state index in [0.717, 1.165) is 31.0 Å². The largest absolute Gasteiger partial charge is 0.350 e. The molecule has 0 bridgehead atoms. The van der Waals surface area contributed by atoms with Gasteiger partial charge in [0, 0.05) is 18.8 Å². The number of aromatic nitrogens is 3. The molecule has 1 N–H and O–H groups in total. The Labute approximate surface area is 147 Å². The Bertz CT molecular complexity index is 906. The summed E-state index contributed by atoms with van der Waals surface area (Å²) in [5.41, 5.74) is 6.24. The molecule has 126 valence electrons. The molecule has 0 fully saturated rings. The fourth-order valence-electron chi connectivity index (χ4n) is 3.20. The van der Waals surface area contributed by atoms with Crippen LogP contribution >= 0.6 is 0 Å². The topological polar surface area (TPSA) is 53.9 Å². The van der Waals surface area contributed by atoms with Crippen LogP contribution in [0, 0.1) is 13.8 Å².